The number of benzene rings is 2. The normalized spacial score (nSPS) is 37.4. The molecule has 1 spiro atoms. The van der Waals surface area contributed by atoms with Crippen LogP contribution in [0.1, 0.15) is 62.9 Å². The van der Waals surface area contributed by atoms with Crippen molar-refractivity contribution in [2.75, 3.05) is 0 Å². The Bertz CT molecular complexity index is 1220. The lowest BCUT2D eigenvalue weighted by Crippen LogP contribution is -2.78. The zero-order valence-corrected chi connectivity index (χ0v) is 22.3. The van der Waals surface area contributed by atoms with Gasteiger partial charge < -0.3 is 24.4 Å². The maximum absolute atomic E-state index is 13.2. The van der Waals surface area contributed by atoms with Crippen LogP contribution in [-0.4, -0.2) is 57.3 Å². The van der Waals surface area contributed by atoms with Crippen LogP contribution >= 0.6 is 0 Å². The topological polar surface area (TPSA) is 102 Å². The number of carbonyl (C=O) groups is 2. The summed E-state index contributed by atoms with van der Waals surface area (Å²) in [4.78, 5) is 26.3. The highest BCUT2D eigenvalue weighted by molar-refractivity contribution is 5.89. The largest absolute Gasteiger partial charge is 0.458 e. The summed E-state index contributed by atoms with van der Waals surface area (Å²) in [6.07, 6.45) is 1.29. The van der Waals surface area contributed by atoms with Crippen molar-refractivity contribution in [1.29, 1.82) is 0 Å². The van der Waals surface area contributed by atoms with Gasteiger partial charge in [0.15, 0.2) is 0 Å². The van der Waals surface area contributed by atoms with Crippen molar-refractivity contribution >= 4 is 18.0 Å². The molecule has 202 valence electrons. The van der Waals surface area contributed by atoms with E-state index in [9.17, 15) is 19.8 Å². The predicted molar refractivity (Wildman–Crippen MR) is 141 cm³/mol. The van der Waals surface area contributed by atoms with Crippen molar-refractivity contribution in [3.05, 3.63) is 77.9 Å². The summed E-state index contributed by atoms with van der Waals surface area (Å²) in [5.41, 5.74) is -3.79. The third kappa shape index (κ3) is 3.99. The Morgan fingerprint density at radius 3 is 2.24 bits per heavy atom. The van der Waals surface area contributed by atoms with E-state index >= 15 is 0 Å². The van der Waals surface area contributed by atoms with Crippen LogP contribution in [0.5, 0.6) is 0 Å². The molecule has 0 aromatic heterocycles. The highest BCUT2D eigenvalue weighted by Crippen LogP contribution is 2.67. The van der Waals surface area contributed by atoms with E-state index in [1.54, 1.807) is 37.3 Å². The van der Waals surface area contributed by atoms with Gasteiger partial charge in [-0.25, -0.2) is 9.59 Å². The molecule has 3 fully saturated rings. The molecule has 5 rings (SSSR count). The molecule has 1 aliphatic heterocycles. The second-order valence-corrected chi connectivity index (χ2v) is 11.8. The fourth-order valence-electron chi connectivity index (χ4n) is 7.15. The number of aliphatic hydroxyl groups excluding tert-OH is 1. The Kier molecular flexibility index (Phi) is 6.53. The molecule has 0 amide bonds. The molecule has 0 radical (unpaired) electrons. The molecule has 7 nitrogen and oxygen atoms in total. The lowest BCUT2D eigenvalue weighted by Gasteiger charge is -2.63. The van der Waals surface area contributed by atoms with E-state index in [4.69, 9.17) is 14.2 Å². The highest BCUT2D eigenvalue weighted by Gasteiger charge is 2.81. The van der Waals surface area contributed by atoms with Crippen molar-refractivity contribution < 1.29 is 34.0 Å². The zero-order chi connectivity index (χ0) is 27.3. The fourth-order valence-corrected chi connectivity index (χ4v) is 7.15. The molecule has 3 aliphatic rings. The molecule has 2 N–H and O–H groups in total. The van der Waals surface area contributed by atoms with Crippen molar-refractivity contribution in [3.8, 4) is 0 Å². The molecule has 38 heavy (non-hydrogen) atoms. The summed E-state index contributed by atoms with van der Waals surface area (Å²) < 4.78 is 18.8. The quantitative estimate of drug-likeness (QED) is 0.447. The Balaban J connectivity index is 1.54. The SMILES string of the molecule is CC1(C)O[C@]23[C@H](O)[C@H]1C[C@H](OC(=O)/C=C/c1ccccc1)C2(C)[C@@H](OC(=O)c1ccccc1)CC[C@]3(C)O. The molecule has 1 heterocycles. The van der Waals surface area contributed by atoms with Crippen LogP contribution in [0, 0.1) is 11.3 Å². The number of fused-ring (bicyclic) bond motifs is 1. The molecule has 2 bridgehead atoms. The molecule has 2 aromatic rings. The van der Waals surface area contributed by atoms with Gasteiger partial charge in [0.25, 0.3) is 0 Å². The van der Waals surface area contributed by atoms with Gasteiger partial charge in [-0.3, -0.25) is 0 Å². The second kappa shape index (κ2) is 9.33. The number of rotatable bonds is 5. The molecular formula is C31H36O7. The van der Waals surface area contributed by atoms with Crippen LogP contribution in [0.25, 0.3) is 6.08 Å². The standard InChI is InChI=1S/C31H36O7/c1-28(2)22-19-24(36-25(32)16-15-20-11-7-5-8-12-20)30(4)23(37-27(34)21-13-9-6-10-14-21)17-18-29(3,35)31(30,38-28)26(22)33/h5-16,22-24,26,33,35H,17-19H2,1-4H3/b16-15+/t22-,23+,24+,26-,29+,30?,31+/m1/s1. The summed E-state index contributed by atoms with van der Waals surface area (Å²) in [6, 6.07) is 18.1. The minimum atomic E-state index is -1.53. The Morgan fingerprint density at radius 2 is 1.58 bits per heavy atom. The van der Waals surface area contributed by atoms with E-state index in [-0.39, 0.29) is 6.42 Å². The first-order valence-corrected chi connectivity index (χ1v) is 13.2. The van der Waals surface area contributed by atoms with E-state index in [1.165, 1.54) is 6.08 Å². The number of esters is 2. The lowest BCUT2D eigenvalue weighted by molar-refractivity contribution is -0.326. The van der Waals surface area contributed by atoms with Gasteiger partial charge in [-0.2, -0.15) is 0 Å². The number of hydrogen-bond donors (Lipinski definition) is 2. The molecular weight excluding hydrogens is 484 g/mol. The van der Waals surface area contributed by atoms with E-state index in [1.807, 2.05) is 57.2 Å². The predicted octanol–water partition coefficient (Wildman–Crippen LogP) is 4.32. The van der Waals surface area contributed by atoms with Gasteiger partial charge in [0, 0.05) is 12.0 Å². The summed E-state index contributed by atoms with van der Waals surface area (Å²) >= 11 is 0. The summed E-state index contributed by atoms with van der Waals surface area (Å²) in [6.45, 7) is 7.22. The van der Waals surface area contributed by atoms with Gasteiger partial charge in [-0.15, -0.1) is 0 Å². The first kappa shape index (κ1) is 26.6. The third-order valence-corrected chi connectivity index (χ3v) is 9.14. The molecule has 7 heteroatoms. The number of hydrogen-bond acceptors (Lipinski definition) is 7. The molecule has 2 aromatic carbocycles. The summed E-state index contributed by atoms with van der Waals surface area (Å²) in [7, 11) is 0. The average Bonchev–Trinajstić information content (AvgIpc) is 3.05. The number of ether oxygens (including phenoxy) is 3. The highest BCUT2D eigenvalue weighted by atomic mass is 16.6. The monoisotopic (exact) mass is 520 g/mol. The Hall–Kier alpha value is -3.00. The van der Waals surface area contributed by atoms with Crippen molar-refractivity contribution in [3.63, 3.8) is 0 Å². The average molecular weight is 521 g/mol. The van der Waals surface area contributed by atoms with Crippen LogP contribution in [-0.2, 0) is 19.0 Å². The van der Waals surface area contributed by atoms with Crippen molar-refractivity contribution in [2.45, 2.75) is 82.1 Å². The Morgan fingerprint density at radius 1 is 0.947 bits per heavy atom. The molecule has 2 saturated carbocycles. The van der Waals surface area contributed by atoms with E-state index in [0.717, 1.165) is 5.56 Å². The number of carbonyl (C=O) groups excluding carboxylic acids is 2. The minimum absolute atomic E-state index is 0.240. The molecule has 1 saturated heterocycles. The third-order valence-electron chi connectivity index (χ3n) is 9.14. The van der Waals surface area contributed by atoms with E-state index in [2.05, 4.69) is 0 Å². The molecule has 2 aliphatic carbocycles. The zero-order valence-electron chi connectivity index (χ0n) is 22.3. The molecule has 1 unspecified atom stereocenters. The number of aliphatic hydroxyl groups is 2. The first-order valence-electron chi connectivity index (χ1n) is 13.2. The fraction of sp³-hybridized carbons (Fsp3) is 0.484. The maximum Gasteiger partial charge on any atom is 0.338 e. The van der Waals surface area contributed by atoms with Gasteiger partial charge >= 0.3 is 11.9 Å². The summed E-state index contributed by atoms with van der Waals surface area (Å²) in [5.74, 6) is -1.47. The van der Waals surface area contributed by atoms with Crippen LogP contribution in [0.3, 0.4) is 0 Å². The van der Waals surface area contributed by atoms with Crippen molar-refractivity contribution in [2.24, 2.45) is 11.3 Å². The van der Waals surface area contributed by atoms with Crippen LogP contribution in [0.2, 0.25) is 0 Å². The van der Waals surface area contributed by atoms with Crippen LogP contribution in [0.15, 0.2) is 66.7 Å². The van der Waals surface area contributed by atoms with Gasteiger partial charge in [0.1, 0.15) is 17.8 Å². The van der Waals surface area contributed by atoms with Gasteiger partial charge in [0.2, 0.25) is 0 Å². The lowest BCUT2D eigenvalue weighted by atomic mass is 9.47. The van der Waals surface area contributed by atoms with E-state index < -0.39 is 58.4 Å². The van der Waals surface area contributed by atoms with Crippen LogP contribution < -0.4 is 0 Å². The maximum atomic E-state index is 13.2. The second-order valence-electron chi connectivity index (χ2n) is 11.8. The van der Waals surface area contributed by atoms with Gasteiger partial charge in [0.05, 0.1) is 28.3 Å². The smallest absolute Gasteiger partial charge is 0.338 e. The van der Waals surface area contributed by atoms with Gasteiger partial charge in [-0.05, 0) is 70.7 Å². The first-order chi connectivity index (χ1) is 17.9. The molecule has 7 atom stereocenters. The van der Waals surface area contributed by atoms with Gasteiger partial charge in [-0.1, -0.05) is 48.5 Å². The minimum Gasteiger partial charge on any atom is -0.458 e. The van der Waals surface area contributed by atoms with Crippen LogP contribution in [0.4, 0.5) is 0 Å². The van der Waals surface area contributed by atoms with Crippen molar-refractivity contribution in [1.82, 2.24) is 0 Å². The van der Waals surface area contributed by atoms with E-state index in [0.29, 0.717) is 18.4 Å². The Labute approximate surface area is 223 Å². The summed E-state index contributed by atoms with van der Waals surface area (Å²) in [5, 5.41) is 23.5.